The number of carbonyl (C=O) groups is 1. The normalized spacial score (nSPS) is 21.7. The molecule has 3 atom stereocenters. The van der Waals surface area contributed by atoms with Gasteiger partial charge in [-0.3, -0.25) is 4.79 Å². The Morgan fingerprint density at radius 1 is 1.23 bits per heavy atom. The van der Waals surface area contributed by atoms with E-state index < -0.39 is 0 Å². The van der Waals surface area contributed by atoms with Gasteiger partial charge in [0, 0.05) is 12.6 Å². The van der Waals surface area contributed by atoms with Gasteiger partial charge in [0.1, 0.15) is 0 Å². The second kappa shape index (κ2) is 6.41. The fourth-order valence-corrected chi connectivity index (χ4v) is 3.07. The molecule has 3 nitrogen and oxygen atoms in total. The van der Waals surface area contributed by atoms with Crippen LogP contribution in [-0.2, 0) is 10.2 Å². The molecule has 1 amide bonds. The number of nitrogens with zero attached hydrogens (tertiary/aromatic N) is 1. The highest BCUT2D eigenvalue weighted by Gasteiger charge is 2.33. The molecule has 3 heteroatoms. The largest absolute Gasteiger partial charge is 0.335 e. The van der Waals surface area contributed by atoms with Gasteiger partial charge in [0.25, 0.3) is 0 Å². The Bertz CT molecular complexity index is 513. The molecule has 1 fully saturated rings. The lowest BCUT2D eigenvalue weighted by molar-refractivity contribution is -0.136. The highest BCUT2D eigenvalue weighted by Crippen LogP contribution is 2.34. The van der Waals surface area contributed by atoms with E-state index in [1.807, 2.05) is 18.7 Å². The third-order valence-corrected chi connectivity index (χ3v) is 4.88. The van der Waals surface area contributed by atoms with Crippen LogP contribution >= 0.6 is 0 Å². The number of hydrogen-bond donors (Lipinski definition) is 1. The molecule has 0 saturated carbocycles. The predicted octanol–water partition coefficient (Wildman–Crippen LogP) is 3.63. The van der Waals surface area contributed by atoms with Gasteiger partial charge in [-0.2, -0.15) is 0 Å². The highest BCUT2D eigenvalue weighted by atomic mass is 16.2. The van der Waals surface area contributed by atoms with Gasteiger partial charge in [-0.15, -0.1) is 0 Å². The first kappa shape index (κ1) is 17.0. The van der Waals surface area contributed by atoms with Crippen molar-refractivity contribution in [1.29, 1.82) is 0 Å². The fourth-order valence-electron chi connectivity index (χ4n) is 3.07. The molecule has 1 aliphatic heterocycles. The summed E-state index contributed by atoms with van der Waals surface area (Å²) in [5.41, 5.74) is 8.64. The van der Waals surface area contributed by atoms with Crippen LogP contribution in [0.5, 0.6) is 0 Å². The van der Waals surface area contributed by atoms with Crippen LogP contribution in [0.15, 0.2) is 24.3 Å². The van der Waals surface area contributed by atoms with Crippen molar-refractivity contribution in [2.75, 3.05) is 6.54 Å². The zero-order valence-corrected chi connectivity index (χ0v) is 14.6. The molecule has 1 aliphatic rings. The molecule has 1 aromatic rings. The van der Waals surface area contributed by atoms with Gasteiger partial charge < -0.3 is 10.6 Å². The molecule has 122 valence electrons. The first-order valence-corrected chi connectivity index (χ1v) is 8.38. The summed E-state index contributed by atoms with van der Waals surface area (Å²) in [6.45, 7) is 11.4. The van der Waals surface area contributed by atoms with Crippen LogP contribution in [0.2, 0.25) is 0 Å². The van der Waals surface area contributed by atoms with E-state index in [2.05, 4.69) is 45.0 Å². The minimum Gasteiger partial charge on any atom is -0.335 e. The minimum atomic E-state index is -0.116. The van der Waals surface area contributed by atoms with Crippen molar-refractivity contribution in [3.63, 3.8) is 0 Å². The Morgan fingerprint density at radius 2 is 1.82 bits per heavy atom. The van der Waals surface area contributed by atoms with Crippen LogP contribution in [0.4, 0.5) is 0 Å². The standard InChI is InChI=1S/C19H30N2O/c1-13(14(2)20)18(22)21-12-6-7-17(21)15-8-10-16(11-9-15)19(3,4)5/h8-11,13-14,17H,6-7,12,20H2,1-5H3. The second-order valence-electron chi connectivity index (χ2n) is 7.71. The van der Waals surface area contributed by atoms with E-state index in [9.17, 15) is 4.79 Å². The number of carbonyl (C=O) groups excluding carboxylic acids is 1. The molecule has 2 rings (SSSR count). The third kappa shape index (κ3) is 3.52. The number of rotatable bonds is 3. The number of likely N-dealkylation sites (tertiary alicyclic amines) is 1. The Hall–Kier alpha value is -1.35. The van der Waals surface area contributed by atoms with Gasteiger partial charge in [0.05, 0.1) is 12.0 Å². The monoisotopic (exact) mass is 302 g/mol. The van der Waals surface area contributed by atoms with Crippen LogP contribution in [0.25, 0.3) is 0 Å². The van der Waals surface area contributed by atoms with Gasteiger partial charge in [-0.05, 0) is 36.3 Å². The fraction of sp³-hybridized carbons (Fsp3) is 0.632. The molecule has 0 aliphatic carbocycles. The summed E-state index contributed by atoms with van der Waals surface area (Å²) in [5.74, 6) is 0.0758. The summed E-state index contributed by atoms with van der Waals surface area (Å²) in [6.07, 6.45) is 2.12. The zero-order valence-electron chi connectivity index (χ0n) is 14.6. The number of nitrogens with two attached hydrogens (primary N) is 1. The molecule has 1 saturated heterocycles. The van der Waals surface area contributed by atoms with Crippen molar-refractivity contribution in [1.82, 2.24) is 4.90 Å². The highest BCUT2D eigenvalue weighted by molar-refractivity contribution is 5.80. The van der Waals surface area contributed by atoms with Gasteiger partial charge in [-0.1, -0.05) is 52.0 Å². The van der Waals surface area contributed by atoms with E-state index in [1.165, 1.54) is 11.1 Å². The molecule has 1 heterocycles. The van der Waals surface area contributed by atoms with Gasteiger partial charge in [0.15, 0.2) is 0 Å². The van der Waals surface area contributed by atoms with Crippen molar-refractivity contribution >= 4 is 5.91 Å². The maximum Gasteiger partial charge on any atom is 0.227 e. The lowest BCUT2D eigenvalue weighted by Gasteiger charge is -2.29. The van der Waals surface area contributed by atoms with Crippen molar-refractivity contribution in [2.24, 2.45) is 11.7 Å². The van der Waals surface area contributed by atoms with Crippen molar-refractivity contribution < 1.29 is 4.79 Å². The molecule has 0 bridgehead atoms. The Morgan fingerprint density at radius 3 is 2.32 bits per heavy atom. The predicted molar refractivity (Wildman–Crippen MR) is 91.6 cm³/mol. The van der Waals surface area contributed by atoms with Gasteiger partial charge >= 0.3 is 0 Å². The quantitative estimate of drug-likeness (QED) is 0.926. The lowest BCUT2D eigenvalue weighted by atomic mass is 9.86. The minimum absolute atomic E-state index is 0.1000. The summed E-state index contributed by atoms with van der Waals surface area (Å²) in [6, 6.07) is 8.89. The molecule has 1 aromatic carbocycles. The Balaban J connectivity index is 2.19. The van der Waals surface area contributed by atoms with E-state index in [0.717, 1.165) is 19.4 Å². The van der Waals surface area contributed by atoms with Crippen molar-refractivity contribution in [3.8, 4) is 0 Å². The topological polar surface area (TPSA) is 46.3 Å². The van der Waals surface area contributed by atoms with Crippen molar-refractivity contribution in [2.45, 2.75) is 65.0 Å². The molecule has 2 N–H and O–H groups in total. The Kier molecular flexibility index (Phi) is 4.96. The third-order valence-electron chi connectivity index (χ3n) is 4.88. The lowest BCUT2D eigenvalue weighted by Crippen LogP contribution is -2.41. The molecular formula is C19H30N2O. The van der Waals surface area contributed by atoms with Crippen molar-refractivity contribution in [3.05, 3.63) is 35.4 Å². The molecule has 3 unspecified atom stereocenters. The SMILES string of the molecule is CC(N)C(C)C(=O)N1CCCC1c1ccc(C(C)(C)C)cc1. The van der Waals surface area contributed by atoms with Crippen LogP contribution < -0.4 is 5.73 Å². The van der Waals surface area contributed by atoms with E-state index in [1.54, 1.807) is 0 Å². The van der Waals surface area contributed by atoms with Crippen LogP contribution in [0, 0.1) is 5.92 Å². The summed E-state index contributed by atoms with van der Waals surface area (Å²) < 4.78 is 0. The van der Waals surface area contributed by atoms with Crippen LogP contribution in [0.1, 0.15) is 64.6 Å². The van der Waals surface area contributed by atoms with Crippen LogP contribution in [-0.4, -0.2) is 23.4 Å². The Labute approximate surface area is 134 Å². The molecule has 0 spiro atoms. The van der Waals surface area contributed by atoms with E-state index in [4.69, 9.17) is 5.73 Å². The smallest absolute Gasteiger partial charge is 0.227 e. The maximum atomic E-state index is 12.6. The summed E-state index contributed by atoms with van der Waals surface area (Å²) in [7, 11) is 0. The van der Waals surface area contributed by atoms with E-state index in [-0.39, 0.29) is 29.3 Å². The second-order valence-corrected chi connectivity index (χ2v) is 7.71. The van der Waals surface area contributed by atoms with Gasteiger partial charge in [0.2, 0.25) is 5.91 Å². The van der Waals surface area contributed by atoms with Crippen LogP contribution in [0.3, 0.4) is 0 Å². The average molecular weight is 302 g/mol. The van der Waals surface area contributed by atoms with Gasteiger partial charge in [-0.25, -0.2) is 0 Å². The average Bonchev–Trinajstić information content (AvgIpc) is 2.94. The molecule has 22 heavy (non-hydrogen) atoms. The van der Waals surface area contributed by atoms with E-state index in [0.29, 0.717) is 0 Å². The summed E-state index contributed by atoms with van der Waals surface area (Å²) in [4.78, 5) is 14.7. The maximum absolute atomic E-state index is 12.6. The summed E-state index contributed by atoms with van der Waals surface area (Å²) >= 11 is 0. The first-order valence-electron chi connectivity index (χ1n) is 8.38. The molecule has 0 aromatic heterocycles. The summed E-state index contributed by atoms with van der Waals surface area (Å²) in [5, 5.41) is 0. The zero-order chi connectivity index (χ0) is 16.5. The molecular weight excluding hydrogens is 272 g/mol. The number of benzene rings is 1. The first-order chi connectivity index (χ1) is 10.2. The number of hydrogen-bond acceptors (Lipinski definition) is 2. The van der Waals surface area contributed by atoms with E-state index >= 15 is 0 Å². The number of amides is 1. The molecule has 0 radical (unpaired) electrons.